The number of rotatable bonds is 4. The molecule has 0 bridgehead atoms. The molecule has 126 valence electrons. The minimum Gasteiger partial charge on any atom is -0.332 e. The molecular formula is C20H23NO2S. The van der Waals surface area contributed by atoms with Crippen LogP contribution in [0.5, 0.6) is 0 Å². The predicted octanol–water partition coefficient (Wildman–Crippen LogP) is 3.85. The van der Waals surface area contributed by atoms with E-state index in [2.05, 4.69) is 31.2 Å². The summed E-state index contributed by atoms with van der Waals surface area (Å²) in [7, 11) is -0.904. The topological polar surface area (TPSA) is 37.4 Å². The Balaban J connectivity index is 1.83. The van der Waals surface area contributed by atoms with Crippen molar-refractivity contribution in [2.24, 2.45) is 0 Å². The highest BCUT2D eigenvalue weighted by molar-refractivity contribution is 7.83. The molecule has 3 nitrogen and oxygen atoms in total. The molecule has 0 saturated carbocycles. The maximum absolute atomic E-state index is 13.0. The molecule has 2 unspecified atom stereocenters. The quantitative estimate of drug-likeness (QED) is 0.847. The van der Waals surface area contributed by atoms with Crippen molar-refractivity contribution in [2.75, 3.05) is 12.8 Å². The van der Waals surface area contributed by atoms with Gasteiger partial charge in [-0.05, 0) is 43.0 Å². The third kappa shape index (κ3) is 3.75. The van der Waals surface area contributed by atoms with Crippen LogP contribution in [-0.4, -0.2) is 27.8 Å². The molecule has 1 amide bonds. The van der Waals surface area contributed by atoms with E-state index in [9.17, 15) is 9.00 Å². The lowest BCUT2D eigenvalue weighted by atomic mass is 10.0. The molecule has 0 aromatic heterocycles. The normalized spacial score (nSPS) is 18.6. The van der Waals surface area contributed by atoms with Gasteiger partial charge in [0, 0.05) is 34.9 Å². The summed E-state index contributed by atoms with van der Waals surface area (Å²) in [5.41, 5.74) is 4.08. The first-order valence-electron chi connectivity index (χ1n) is 8.31. The number of nitrogens with zero attached hydrogens (tertiary/aromatic N) is 1. The maximum atomic E-state index is 13.0. The van der Waals surface area contributed by atoms with Crippen LogP contribution in [0.4, 0.5) is 0 Å². The number of carbonyl (C=O) groups excluding carboxylic acids is 1. The van der Waals surface area contributed by atoms with E-state index in [0.29, 0.717) is 11.3 Å². The Hall–Kier alpha value is -1.94. The molecule has 0 N–H and O–H groups in total. The van der Waals surface area contributed by atoms with Gasteiger partial charge < -0.3 is 4.90 Å². The second-order valence-corrected chi connectivity index (χ2v) is 7.92. The average Bonchev–Trinajstić information content (AvgIpc) is 3.04. The molecule has 2 atom stereocenters. The first-order valence-corrected chi connectivity index (χ1v) is 10.0. The second kappa shape index (κ2) is 7.31. The van der Waals surface area contributed by atoms with Gasteiger partial charge in [-0.3, -0.25) is 9.00 Å². The summed E-state index contributed by atoms with van der Waals surface area (Å²) in [5, 5.41) is 0. The third-order valence-electron chi connectivity index (χ3n) is 4.52. The van der Waals surface area contributed by atoms with E-state index in [1.54, 1.807) is 6.26 Å². The monoisotopic (exact) mass is 341 g/mol. The van der Waals surface area contributed by atoms with Crippen molar-refractivity contribution in [3.63, 3.8) is 0 Å². The van der Waals surface area contributed by atoms with Gasteiger partial charge in [-0.1, -0.05) is 42.0 Å². The molecule has 2 aromatic carbocycles. The molecule has 1 aliphatic heterocycles. The van der Waals surface area contributed by atoms with Crippen molar-refractivity contribution in [3.8, 4) is 0 Å². The number of carbonyl (C=O) groups is 1. The number of hydrogen-bond donors (Lipinski definition) is 0. The number of amides is 1. The van der Waals surface area contributed by atoms with Crippen LogP contribution in [0.15, 0.2) is 48.5 Å². The van der Waals surface area contributed by atoms with Gasteiger partial charge >= 0.3 is 0 Å². The summed E-state index contributed by atoms with van der Waals surface area (Å²) in [5.74, 6) is 0.560. The van der Waals surface area contributed by atoms with Gasteiger partial charge in [0.25, 0.3) is 5.91 Å². The van der Waals surface area contributed by atoms with Gasteiger partial charge in [0.05, 0.1) is 6.04 Å². The van der Waals surface area contributed by atoms with Crippen LogP contribution in [0.2, 0.25) is 0 Å². The van der Waals surface area contributed by atoms with Gasteiger partial charge in [0.15, 0.2) is 0 Å². The van der Waals surface area contributed by atoms with Crippen molar-refractivity contribution in [3.05, 3.63) is 70.8 Å². The summed E-state index contributed by atoms with van der Waals surface area (Å²) in [4.78, 5) is 15.0. The zero-order valence-electron chi connectivity index (χ0n) is 14.2. The average molecular weight is 341 g/mol. The molecule has 1 heterocycles. The zero-order valence-corrected chi connectivity index (χ0v) is 15.0. The first-order chi connectivity index (χ1) is 11.5. The number of aryl methyl sites for hydroxylation is 1. The first kappa shape index (κ1) is 16.9. The highest BCUT2D eigenvalue weighted by Crippen LogP contribution is 2.33. The van der Waals surface area contributed by atoms with Crippen LogP contribution in [0.3, 0.4) is 0 Å². The van der Waals surface area contributed by atoms with E-state index < -0.39 is 10.8 Å². The van der Waals surface area contributed by atoms with E-state index in [4.69, 9.17) is 0 Å². The standard InChI is InChI=1S/C20H23NO2S/c1-15-8-10-17(11-9-15)19-7-4-12-21(19)20(22)18-6-3-5-16(13-18)14-24(2)23/h3,5-6,8-11,13,19H,4,7,12,14H2,1-2H3. The Morgan fingerprint density at radius 2 is 1.96 bits per heavy atom. The molecule has 1 aliphatic rings. The fraction of sp³-hybridized carbons (Fsp3) is 0.350. The van der Waals surface area contributed by atoms with Crippen LogP contribution in [0, 0.1) is 6.92 Å². The highest BCUT2D eigenvalue weighted by atomic mass is 32.2. The highest BCUT2D eigenvalue weighted by Gasteiger charge is 2.30. The zero-order chi connectivity index (χ0) is 17.1. The lowest BCUT2D eigenvalue weighted by Gasteiger charge is -2.25. The molecule has 0 aliphatic carbocycles. The lowest BCUT2D eigenvalue weighted by molar-refractivity contribution is 0.0735. The van der Waals surface area contributed by atoms with Crippen LogP contribution in [0.1, 0.15) is 45.9 Å². The van der Waals surface area contributed by atoms with Crippen LogP contribution >= 0.6 is 0 Å². The van der Waals surface area contributed by atoms with Crippen LogP contribution < -0.4 is 0 Å². The van der Waals surface area contributed by atoms with E-state index >= 15 is 0 Å². The Bertz CT molecular complexity index is 754. The maximum Gasteiger partial charge on any atom is 0.254 e. The van der Waals surface area contributed by atoms with Gasteiger partial charge in [0.2, 0.25) is 0 Å². The fourth-order valence-electron chi connectivity index (χ4n) is 3.34. The third-order valence-corrected chi connectivity index (χ3v) is 5.26. The van der Waals surface area contributed by atoms with Gasteiger partial charge in [0.1, 0.15) is 0 Å². The van der Waals surface area contributed by atoms with Crippen molar-refractivity contribution in [2.45, 2.75) is 31.6 Å². The number of benzene rings is 2. The van der Waals surface area contributed by atoms with Crippen LogP contribution in [0.25, 0.3) is 0 Å². The van der Waals surface area contributed by atoms with Crippen molar-refractivity contribution in [1.29, 1.82) is 0 Å². The lowest BCUT2D eigenvalue weighted by Crippen LogP contribution is -2.30. The molecule has 1 saturated heterocycles. The molecule has 0 radical (unpaired) electrons. The molecule has 4 heteroatoms. The van der Waals surface area contributed by atoms with Gasteiger partial charge in [-0.25, -0.2) is 0 Å². The summed E-state index contributed by atoms with van der Waals surface area (Å²) >= 11 is 0. The molecule has 1 fully saturated rings. The Morgan fingerprint density at radius 3 is 2.67 bits per heavy atom. The molecule has 3 rings (SSSR count). The van der Waals surface area contributed by atoms with Crippen LogP contribution in [-0.2, 0) is 16.6 Å². The largest absolute Gasteiger partial charge is 0.332 e. The molecule has 0 spiro atoms. The Labute approximate surface area is 146 Å². The van der Waals surface area contributed by atoms with E-state index in [1.165, 1.54) is 11.1 Å². The summed E-state index contributed by atoms with van der Waals surface area (Å²) in [6.45, 7) is 2.87. The number of likely N-dealkylation sites (tertiary alicyclic amines) is 1. The Kier molecular flexibility index (Phi) is 5.14. The van der Waals surface area contributed by atoms with Crippen molar-refractivity contribution in [1.82, 2.24) is 4.90 Å². The van der Waals surface area contributed by atoms with Gasteiger partial charge in [-0.2, -0.15) is 0 Å². The van der Waals surface area contributed by atoms with Gasteiger partial charge in [-0.15, -0.1) is 0 Å². The fourth-order valence-corrected chi connectivity index (χ4v) is 3.99. The van der Waals surface area contributed by atoms with E-state index in [0.717, 1.165) is 24.9 Å². The second-order valence-electron chi connectivity index (χ2n) is 6.49. The summed E-state index contributed by atoms with van der Waals surface area (Å²) < 4.78 is 11.4. The summed E-state index contributed by atoms with van der Waals surface area (Å²) in [6.07, 6.45) is 3.72. The van der Waals surface area contributed by atoms with E-state index in [1.807, 2.05) is 29.2 Å². The predicted molar refractivity (Wildman–Crippen MR) is 98.4 cm³/mol. The minimum absolute atomic E-state index is 0.0711. The minimum atomic E-state index is -0.904. The summed E-state index contributed by atoms with van der Waals surface area (Å²) in [6, 6.07) is 16.2. The van der Waals surface area contributed by atoms with Crippen molar-refractivity contribution < 1.29 is 9.00 Å². The molecular weight excluding hydrogens is 318 g/mol. The van der Waals surface area contributed by atoms with E-state index in [-0.39, 0.29) is 11.9 Å². The molecule has 24 heavy (non-hydrogen) atoms. The number of hydrogen-bond acceptors (Lipinski definition) is 2. The SMILES string of the molecule is Cc1ccc(C2CCCN2C(=O)c2cccc(CS(C)=O)c2)cc1. The Morgan fingerprint density at radius 1 is 1.21 bits per heavy atom. The van der Waals surface area contributed by atoms with Crippen molar-refractivity contribution >= 4 is 16.7 Å². The molecule has 2 aromatic rings. The smallest absolute Gasteiger partial charge is 0.254 e.